The van der Waals surface area contributed by atoms with E-state index in [1.54, 1.807) is 11.3 Å². The van der Waals surface area contributed by atoms with E-state index in [0.29, 0.717) is 18.0 Å². The number of quaternary nitrogens is 1. The van der Waals surface area contributed by atoms with Crippen molar-refractivity contribution in [3.63, 3.8) is 0 Å². The average Bonchev–Trinajstić information content (AvgIpc) is 2.97. The molecule has 2 N–H and O–H groups in total. The standard InChI is InChI=1S/C21H23N3OS/c1-14-6-7-17-18(11-22)21(26-19(17)10-14)23-20(25)13-24-9-8-15-4-2-3-5-16(15)12-24/h2-5,14H,6-10,12-13H2,1H3,(H,23,25)/p+1/t14-/m0/s1. The molecule has 1 aliphatic carbocycles. The zero-order valence-electron chi connectivity index (χ0n) is 15.1. The maximum absolute atomic E-state index is 12.6. The molecule has 0 saturated heterocycles. The van der Waals surface area contributed by atoms with Crippen molar-refractivity contribution in [3.05, 3.63) is 51.4 Å². The number of carbonyl (C=O) groups excluding carboxylic acids is 1. The van der Waals surface area contributed by atoms with Gasteiger partial charge in [0.15, 0.2) is 6.54 Å². The molecule has 4 rings (SSSR count). The Labute approximate surface area is 158 Å². The number of benzene rings is 1. The fourth-order valence-electron chi connectivity index (χ4n) is 4.15. The minimum atomic E-state index is 0.0162. The van der Waals surface area contributed by atoms with Gasteiger partial charge in [-0.15, -0.1) is 11.3 Å². The fraction of sp³-hybridized carbons (Fsp3) is 0.429. The first-order valence-electron chi connectivity index (χ1n) is 9.39. The van der Waals surface area contributed by atoms with E-state index in [9.17, 15) is 10.1 Å². The van der Waals surface area contributed by atoms with Crippen molar-refractivity contribution in [3.8, 4) is 6.07 Å². The lowest BCUT2D eigenvalue weighted by atomic mass is 9.89. The molecule has 0 radical (unpaired) electrons. The van der Waals surface area contributed by atoms with Crippen LogP contribution in [0.2, 0.25) is 0 Å². The van der Waals surface area contributed by atoms with E-state index in [2.05, 4.69) is 42.6 Å². The molecule has 2 aliphatic rings. The van der Waals surface area contributed by atoms with Crippen molar-refractivity contribution in [2.75, 3.05) is 18.4 Å². The Morgan fingerprint density at radius 3 is 2.96 bits per heavy atom. The first-order valence-corrected chi connectivity index (χ1v) is 10.2. The minimum Gasteiger partial charge on any atom is -0.323 e. The molecule has 2 heterocycles. The minimum absolute atomic E-state index is 0.0162. The van der Waals surface area contributed by atoms with Gasteiger partial charge in [0.1, 0.15) is 17.6 Å². The van der Waals surface area contributed by atoms with Gasteiger partial charge < -0.3 is 10.2 Å². The summed E-state index contributed by atoms with van der Waals surface area (Å²) in [5.74, 6) is 0.677. The highest BCUT2D eigenvalue weighted by molar-refractivity contribution is 7.16. The Morgan fingerprint density at radius 1 is 1.35 bits per heavy atom. The summed E-state index contributed by atoms with van der Waals surface area (Å²) in [4.78, 5) is 15.2. The Balaban J connectivity index is 1.44. The van der Waals surface area contributed by atoms with Crippen LogP contribution in [-0.4, -0.2) is 19.0 Å². The number of thiophene rings is 1. The number of hydrogen-bond acceptors (Lipinski definition) is 3. The number of rotatable bonds is 3. The number of fused-ring (bicyclic) bond motifs is 2. The number of nitrogens with zero attached hydrogens (tertiary/aromatic N) is 1. The molecule has 0 saturated carbocycles. The molecule has 2 atom stereocenters. The van der Waals surface area contributed by atoms with E-state index in [1.807, 2.05) is 0 Å². The Bertz CT molecular complexity index is 880. The monoisotopic (exact) mass is 366 g/mol. The Morgan fingerprint density at radius 2 is 2.15 bits per heavy atom. The molecule has 134 valence electrons. The molecule has 4 nitrogen and oxygen atoms in total. The lowest BCUT2D eigenvalue weighted by molar-refractivity contribution is -0.907. The second kappa shape index (κ2) is 7.22. The highest BCUT2D eigenvalue weighted by atomic mass is 32.1. The maximum atomic E-state index is 12.6. The normalized spacial score (nSPS) is 21.4. The Kier molecular flexibility index (Phi) is 4.80. The third-order valence-electron chi connectivity index (χ3n) is 5.59. The number of hydrogen-bond donors (Lipinski definition) is 2. The number of nitriles is 1. The van der Waals surface area contributed by atoms with Crippen LogP contribution in [0.1, 0.15) is 40.5 Å². The second-order valence-electron chi connectivity index (χ2n) is 7.59. The zero-order chi connectivity index (χ0) is 18.1. The quantitative estimate of drug-likeness (QED) is 0.876. The van der Waals surface area contributed by atoms with Crippen LogP contribution in [0.4, 0.5) is 5.00 Å². The van der Waals surface area contributed by atoms with Crippen LogP contribution in [0.15, 0.2) is 24.3 Å². The number of carbonyl (C=O) groups is 1. The van der Waals surface area contributed by atoms with Gasteiger partial charge in [0.2, 0.25) is 0 Å². The van der Waals surface area contributed by atoms with Gasteiger partial charge in [-0.05, 0) is 36.3 Å². The van der Waals surface area contributed by atoms with Crippen LogP contribution in [0.3, 0.4) is 0 Å². The zero-order valence-corrected chi connectivity index (χ0v) is 15.9. The van der Waals surface area contributed by atoms with Crippen LogP contribution in [0, 0.1) is 17.2 Å². The Hall–Kier alpha value is -2.16. The largest absolute Gasteiger partial charge is 0.323 e. The SMILES string of the molecule is C[C@H]1CCc2c(sc(NC(=O)C[NH+]3CCc4ccccc4C3)c2C#N)C1. The van der Waals surface area contributed by atoms with Crippen LogP contribution in [-0.2, 0) is 30.6 Å². The van der Waals surface area contributed by atoms with Gasteiger partial charge in [-0.3, -0.25) is 4.79 Å². The highest BCUT2D eigenvalue weighted by Gasteiger charge is 2.26. The summed E-state index contributed by atoms with van der Waals surface area (Å²) in [5.41, 5.74) is 4.62. The van der Waals surface area contributed by atoms with Crippen molar-refractivity contribution in [1.29, 1.82) is 5.26 Å². The predicted molar refractivity (Wildman–Crippen MR) is 103 cm³/mol. The first kappa shape index (κ1) is 17.3. The van der Waals surface area contributed by atoms with Crippen molar-refractivity contribution in [2.24, 2.45) is 5.92 Å². The van der Waals surface area contributed by atoms with E-state index >= 15 is 0 Å². The molecule has 0 spiro atoms. The van der Waals surface area contributed by atoms with E-state index < -0.39 is 0 Å². The van der Waals surface area contributed by atoms with Crippen molar-refractivity contribution in [2.45, 2.75) is 39.2 Å². The summed E-state index contributed by atoms with van der Waals surface area (Å²) in [6.07, 6.45) is 4.13. The molecule has 0 fully saturated rings. The molecule has 2 aromatic rings. The molecule has 1 aliphatic heterocycles. The number of amides is 1. The topological polar surface area (TPSA) is 57.3 Å². The first-order chi connectivity index (χ1) is 12.6. The molecule has 1 amide bonds. The third kappa shape index (κ3) is 3.40. The van der Waals surface area contributed by atoms with E-state index in [-0.39, 0.29) is 5.91 Å². The predicted octanol–water partition coefficient (Wildman–Crippen LogP) is 2.32. The number of nitrogens with one attached hydrogen (secondary N) is 2. The van der Waals surface area contributed by atoms with Crippen LogP contribution >= 0.6 is 11.3 Å². The molecule has 5 heteroatoms. The summed E-state index contributed by atoms with van der Waals surface area (Å²) in [6.45, 7) is 4.59. The smallest absolute Gasteiger partial charge is 0.280 e. The second-order valence-corrected chi connectivity index (χ2v) is 8.69. The summed E-state index contributed by atoms with van der Waals surface area (Å²) >= 11 is 1.61. The van der Waals surface area contributed by atoms with Crippen LogP contribution < -0.4 is 10.2 Å². The van der Waals surface area contributed by atoms with Crippen molar-refractivity contribution < 1.29 is 9.69 Å². The average molecular weight is 367 g/mol. The lowest BCUT2D eigenvalue weighted by Gasteiger charge is -2.25. The highest BCUT2D eigenvalue weighted by Crippen LogP contribution is 2.39. The van der Waals surface area contributed by atoms with Gasteiger partial charge in [0.25, 0.3) is 5.91 Å². The van der Waals surface area contributed by atoms with Gasteiger partial charge in [-0.25, -0.2) is 0 Å². The van der Waals surface area contributed by atoms with Gasteiger partial charge in [0.05, 0.1) is 12.1 Å². The maximum Gasteiger partial charge on any atom is 0.280 e. The summed E-state index contributed by atoms with van der Waals surface area (Å²) < 4.78 is 0. The summed E-state index contributed by atoms with van der Waals surface area (Å²) in [5, 5.41) is 13.4. The van der Waals surface area contributed by atoms with Gasteiger partial charge >= 0.3 is 0 Å². The van der Waals surface area contributed by atoms with Gasteiger partial charge in [-0.1, -0.05) is 31.2 Å². The fourth-order valence-corrected chi connectivity index (χ4v) is 5.53. The van der Waals surface area contributed by atoms with E-state index in [0.717, 1.165) is 43.8 Å². The summed E-state index contributed by atoms with van der Waals surface area (Å²) in [7, 11) is 0. The molecule has 1 aromatic heterocycles. The van der Waals surface area contributed by atoms with Crippen molar-refractivity contribution in [1.82, 2.24) is 0 Å². The third-order valence-corrected chi connectivity index (χ3v) is 6.76. The molecule has 26 heavy (non-hydrogen) atoms. The van der Waals surface area contributed by atoms with Gasteiger partial charge in [0, 0.05) is 16.9 Å². The molecular formula is C21H24N3OS+. The number of anilines is 1. The van der Waals surface area contributed by atoms with Gasteiger partial charge in [-0.2, -0.15) is 5.26 Å². The van der Waals surface area contributed by atoms with Crippen molar-refractivity contribution >= 4 is 22.2 Å². The molecule has 1 unspecified atom stereocenters. The van der Waals surface area contributed by atoms with E-state index in [4.69, 9.17) is 0 Å². The molecule has 1 aromatic carbocycles. The van der Waals surface area contributed by atoms with E-state index in [1.165, 1.54) is 26.5 Å². The van der Waals surface area contributed by atoms with Crippen LogP contribution in [0.25, 0.3) is 0 Å². The van der Waals surface area contributed by atoms with Crippen LogP contribution in [0.5, 0.6) is 0 Å². The molecular weight excluding hydrogens is 342 g/mol. The lowest BCUT2D eigenvalue weighted by Crippen LogP contribution is -3.12. The molecule has 0 bridgehead atoms. The summed E-state index contributed by atoms with van der Waals surface area (Å²) in [6, 6.07) is 10.8.